The number of phenols is 1. The van der Waals surface area contributed by atoms with Gasteiger partial charge in [0.1, 0.15) is 5.75 Å². The number of benzene rings is 1. The summed E-state index contributed by atoms with van der Waals surface area (Å²) in [6, 6.07) is 4.95. The van der Waals surface area contributed by atoms with Gasteiger partial charge < -0.3 is 10.5 Å². The smallest absolute Gasteiger partial charge is 0.143 e. The van der Waals surface area contributed by atoms with Crippen molar-refractivity contribution in [2.24, 2.45) is 0 Å². The molecule has 0 unspecified atom stereocenters. The number of aromatic hydroxyl groups is 1. The van der Waals surface area contributed by atoms with Gasteiger partial charge in [0.05, 0.1) is 5.02 Å². The highest BCUT2D eigenvalue weighted by Crippen LogP contribution is 2.26. The Hall–Kier alpha value is -1.02. The molecule has 0 heterocycles. The molecule has 0 saturated heterocycles. The van der Waals surface area contributed by atoms with Crippen LogP contribution in [0.5, 0.6) is 5.75 Å². The third-order valence-electron chi connectivity index (χ3n) is 1.39. The van der Waals surface area contributed by atoms with Crippen LogP contribution in [0, 0.1) is 5.41 Å². The van der Waals surface area contributed by atoms with Crippen molar-refractivity contribution in [1.29, 1.82) is 5.41 Å². The summed E-state index contributed by atoms with van der Waals surface area (Å²) < 4.78 is 0. The Labute approximate surface area is 69.9 Å². The number of phenolic OH excluding ortho intramolecular Hbond substituents is 1. The van der Waals surface area contributed by atoms with Gasteiger partial charge in [-0.2, -0.15) is 0 Å². The minimum absolute atomic E-state index is 0.0123. The van der Waals surface area contributed by atoms with Gasteiger partial charge in [0.2, 0.25) is 0 Å². The average Bonchev–Trinajstić information content (AvgIpc) is 1.94. The second kappa shape index (κ2) is 2.93. The van der Waals surface area contributed by atoms with Crippen LogP contribution in [-0.4, -0.2) is 10.8 Å². The van der Waals surface area contributed by atoms with Crippen molar-refractivity contribution >= 4 is 17.3 Å². The number of para-hydroxylation sites is 1. The first-order valence-electron chi connectivity index (χ1n) is 3.16. The van der Waals surface area contributed by atoms with Gasteiger partial charge in [0, 0.05) is 11.3 Å². The molecule has 0 spiro atoms. The quantitative estimate of drug-likeness (QED) is 0.623. The van der Waals surface area contributed by atoms with E-state index in [1.807, 2.05) is 0 Å². The van der Waals surface area contributed by atoms with Crippen molar-refractivity contribution in [2.45, 2.75) is 6.92 Å². The van der Waals surface area contributed by atoms with Crippen LogP contribution in [0.15, 0.2) is 18.2 Å². The predicted molar refractivity (Wildman–Crippen MR) is 45.6 cm³/mol. The minimum atomic E-state index is -0.0123. The van der Waals surface area contributed by atoms with Crippen molar-refractivity contribution in [2.75, 3.05) is 0 Å². The SMILES string of the molecule is CC(=N)c1cccc(Cl)c1O. The number of halogens is 1. The van der Waals surface area contributed by atoms with E-state index in [0.29, 0.717) is 11.3 Å². The molecule has 0 radical (unpaired) electrons. The molecule has 0 aliphatic rings. The molecular formula is C8H8ClNO. The summed E-state index contributed by atoms with van der Waals surface area (Å²) in [5.74, 6) is -0.0123. The van der Waals surface area contributed by atoms with Crippen molar-refractivity contribution in [3.8, 4) is 5.75 Å². The molecule has 0 aliphatic heterocycles. The molecule has 0 bridgehead atoms. The first kappa shape index (κ1) is 8.08. The molecule has 1 rings (SSSR count). The zero-order valence-electron chi connectivity index (χ0n) is 6.06. The molecule has 3 heteroatoms. The summed E-state index contributed by atoms with van der Waals surface area (Å²) in [5.41, 5.74) is 0.794. The second-order valence-electron chi connectivity index (χ2n) is 2.26. The van der Waals surface area contributed by atoms with Crippen molar-refractivity contribution in [3.63, 3.8) is 0 Å². The van der Waals surface area contributed by atoms with Crippen molar-refractivity contribution < 1.29 is 5.11 Å². The maximum Gasteiger partial charge on any atom is 0.143 e. The molecule has 2 N–H and O–H groups in total. The average molecular weight is 170 g/mol. The number of nitrogens with one attached hydrogen (secondary N) is 1. The molecule has 0 amide bonds. The number of rotatable bonds is 1. The van der Waals surface area contributed by atoms with Crippen molar-refractivity contribution in [1.82, 2.24) is 0 Å². The Morgan fingerprint density at radius 1 is 1.55 bits per heavy atom. The van der Waals surface area contributed by atoms with E-state index in [0.717, 1.165) is 0 Å². The molecule has 0 aromatic heterocycles. The molecule has 1 aromatic carbocycles. The summed E-state index contributed by atoms with van der Waals surface area (Å²) in [5, 5.41) is 16.8. The van der Waals surface area contributed by atoms with Gasteiger partial charge in [-0.15, -0.1) is 0 Å². The van der Waals surface area contributed by atoms with Gasteiger partial charge >= 0.3 is 0 Å². The lowest BCUT2D eigenvalue weighted by Gasteiger charge is -2.02. The van der Waals surface area contributed by atoms with Crippen LogP contribution in [0.4, 0.5) is 0 Å². The lowest BCUT2D eigenvalue weighted by Crippen LogP contribution is -1.91. The van der Waals surface area contributed by atoms with E-state index in [9.17, 15) is 5.11 Å². The zero-order chi connectivity index (χ0) is 8.43. The molecule has 1 aromatic rings. The van der Waals surface area contributed by atoms with Gasteiger partial charge in [0.15, 0.2) is 0 Å². The monoisotopic (exact) mass is 169 g/mol. The van der Waals surface area contributed by atoms with E-state index < -0.39 is 0 Å². The predicted octanol–water partition coefficient (Wildman–Crippen LogP) is 2.43. The highest BCUT2D eigenvalue weighted by atomic mass is 35.5. The third kappa shape index (κ3) is 1.52. The molecule has 2 nitrogen and oxygen atoms in total. The fraction of sp³-hybridized carbons (Fsp3) is 0.125. The lowest BCUT2D eigenvalue weighted by atomic mass is 10.1. The fourth-order valence-electron chi connectivity index (χ4n) is 0.818. The van der Waals surface area contributed by atoms with Crippen LogP contribution < -0.4 is 0 Å². The van der Waals surface area contributed by atoms with E-state index in [1.54, 1.807) is 25.1 Å². The normalized spacial score (nSPS) is 9.64. The van der Waals surface area contributed by atoms with Gasteiger partial charge in [-0.3, -0.25) is 0 Å². The Balaban J connectivity index is 3.27. The fourth-order valence-corrected chi connectivity index (χ4v) is 0.992. The van der Waals surface area contributed by atoms with Crippen LogP contribution in [0.1, 0.15) is 12.5 Å². The van der Waals surface area contributed by atoms with Crippen LogP contribution in [0.25, 0.3) is 0 Å². The standard InChI is InChI=1S/C8H8ClNO/c1-5(10)6-3-2-4-7(9)8(6)11/h2-4,10-11H,1H3. The Kier molecular flexibility index (Phi) is 2.15. The van der Waals surface area contributed by atoms with Gasteiger partial charge in [-0.05, 0) is 19.1 Å². The van der Waals surface area contributed by atoms with E-state index in [2.05, 4.69) is 0 Å². The summed E-state index contributed by atoms with van der Waals surface area (Å²) in [4.78, 5) is 0. The van der Waals surface area contributed by atoms with Crippen LogP contribution in [0.2, 0.25) is 5.02 Å². The Bertz CT molecular complexity index is 296. The van der Waals surface area contributed by atoms with Gasteiger partial charge in [-0.25, -0.2) is 0 Å². The Morgan fingerprint density at radius 3 is 2.64 bits per heavy atom. The molecule has 58 valence electrons. The van der Waals surface area contributed by atoms with E-state index in [1.165, 1.54) is 0 Å². The maximum absolute atomic E-state index is 9.30. The molecule has 0 aliphatic carbocycles. The summed E-state index contributed by atoms with van der Waals surface area (Å²) in [6.45, 7) is 1.60. The van der Waals surface area contributed by atoms with Gasteiger partial charge in [0.25, 0.3) is 0 Å². The summed E-state index contributed by atoms with van der Waals surface area (Å²) in [6.07, 6.45) is 0. The maximum atomic E-state index is 9.30. The number of hydrogen-bond donors (Lipinski definition) is 2. The first-order valence-corrected chi connectivity index (χ1v) is 3.53. The molecule has 0 atom stereocenters. The van der Waals surface area contributed by atoms with E-state index in [4.69, 9.17) is 17.0 Å². The summed E-state index contributed by atoms with van der Waals surface area (Å²) >= 11 is 5.61. The number of hydrogen-bond acceptors (Lipinski definition) is 2. The molecular weight excluding hydrogens is 162 g/mol. The largest absolute Gasteiger partial charge is 0.506 e. The molecule has 11 heavy (non-hydrogen) atoms. The molecule has 0 saturated carbocycles. The topological polar surface area (TPSA) is 44.1 Å². The third-order valence-corrected chi connectivity index (χ3v) is 1.70. The van der Waals surface area contributed by atoms with E-state index in [-0.39, 0.29) is 10.8 Å². The lowest BCUT2D eigenvalue weighted by molar-refractivity contribution is 0.474. The highest BCUT2D eigenvalue weighted by Gasteiger charge is 2.05. The van der Waals surface area contributed by atoms with Crippen LogP contribution >= 0.6 is 11.6 Å². The van der Waals surface area contributed by atoms with Gasteiger partial charge in [-0.1, -0.05) is 17.7 Å². The Morgan fingerprint density at radius 2 is 2.18 bits per heavy atom. The van der Waals surface area contributed by atoms with Crippen LogP contribution in [0.3, 0.4) is 0 Å². The highest BCUT2D eigenvalue weighted by molar-refractivity contribution is 6.32. The van der Waals surface area contributed by atoms with Crippen molar-refractivity contribution in [3.05, 3.63) is 28.8 Å². The van der Waals surface area contributed by atoms with E-state index >= 15 is 0 Å². The first-order chi connectivity index (χ1) is 5.13. The second-order valence-corrected chi connectivity index (χ2v) is 2.67. The minimum Gasteiger partial charge on any atom is -0.506 e. The van der Waals surface area contributed by atoms with Crippen LogP contribution in [-0.2, 0) is 0 Å². The molecule has 0 fully saturated rings. The zero-order valence-corrected chi connectivity index (χ0v) is 6.81. The summed E-state index contributed by atoms with van der Waals surface area (Å²) in [7, 11) is 0.